The van der Waals surface area contributed by atoms with E-state index in [1.165, 1.54) is 5.56 Å². The fourth-order valence-corrected chi connectivity index (χ4v) is 2.42. The van der Waals surface area contributed by atoms with Crippen molar-refractivity contribution in [3.8, 4) is 5.75 Å². The lowest BCUT2D eigenvalue weighted by atomic mass is 10.1. The maximum Gasteiger partial charge on any atom is 0.246 e. The van der Waals surface area contributed by atoms with Gasteiger partial charge in [0, 0.05) is 25.6 Å². The summed E-state index contributed by atoms with van der Waals surface area (Å²) in [4.78, 5) is 13.7. The lowest BCUT2D eigenvalue weighted by Crippen LogP contribution is -2.24. The summed E-state index contributed by atoms with van der Waals surface area (Å²) in [5.41, 5.74) is 2.95. The molecule has 1 aliphatic heterocycles. The van der Waals surface area contributed by atoms with Crippen molar-refractivity contribution in [1.29, 1.82) is 0 Å². The number of aryl methyl sites for hydroxylation is 1. The highest BCUT2D eigenvalue weighted by Crippen LogP contribution is 2.26. The van der Waals surface area contributed by atoms with Gasteiger partial charge in [0.05, 0.1) is 13.2 Å². The summed E-state index contributed by atoms with van der Waals surface area (Å²) in [6.45, 7) is 3.00. The van der Waals surface area contributed by atoms with E-state index in [4.69, 9.17) is 9.26 Å². The number of hydrogen-bond donors (Lipinski definition) is 0. The third-order valence-electron chi connectivity index (χ3n) is 3.58. The van der Waals surface area contributed by atoms with Crippen LogP contribution in [-0.2, 0) is 17.8 Å². The molecule has 3 rings (SSSR count). The highest BCUT2D eigenvalue weighted by molar-refractivity contribution is 5.91. The Bertz CT molecular complexity index is 718. The number of aromatic nitrogens is 1. The van der Waals surface area contributed by atoms with Crippen LogP contribution in [0.1, 0.15) is 22.6 Å². The van der Waals surface area contributed by atoms with E-state index in [1.54, 1.807) is 18.0 Å². The second-order valence-corrected chi connectivity index (χ2v) is 5.42. The minimum atomic E-state index is -0.0719. The molecule has 22 heavy (non-hydrogen) atoms. The van der Waals surface area contributed by atoms with Crippen LogP contribution in [-0.4, -0.2) is 29.6 Å². The summed E-state index contributed by atoms with van der Waals surface area (Å²) in [6.07, 6.45) is 4.33. The predicted molar refractivity (Wildman–Crippen MR) is 82.4 cm³/mol. The van der Waals surface area contributed by atoms with Crippen LogP contribution in [0.3, 0.4) is 0 Å². The number of nitrogens with zero attached hydrogens (tertiary/aromatic N) is 2. The minimum Gasteiger partial charge on any atom is -0.493 e. The molecule has 0 atom stereocenters. The van der Waals surface area contributed by atoms with Gasteiger partial charge in [-0.1, -0.05) is 11.2 Å². The maximum atomic E-state index is 12.1. The van der Waals surface area contributed by atoms with Gasteiger partial charge in [0.1, 0.15) is 17.2 Å². The normalized spacial score (nSPS) is 13.2. The van der Waals surface area contributed by atoms with Crippen LogP contribution in [0.2, 0.25) is 0 Å². The Morgan fingerprint density at radius 1 is 1.41 bits per heavy atom. The van der Waals surface area contributed by atoms with Crippen LogP contribution in [0.25, 0.3) is 6.08 Å². The molecule has 1 aromatic heterocycles. The first-order valence-electron chi connectivity index (χ1n) is 7.23. The average molecular weight is 298 g/mol. The molecule has 2 aromatic rings. The van der Waals surface area contributed by atoms with Gasteiger partial charge >= 0.3 is 0 Å². The van der Waals surface area contributed by atoms with Gasteiger partial charge in [0.25, 0.3) is 0 Å². The van der Waals surface area contributed by atoms with Gasteiger partial charge < -0.3 is 14.2 Å². The third kappa shape index (κ3) is 3.19. The first-order chi connectivity index (χ1) is 10.6. The molecule has 2 heterocycles. The quantitative estimate of drug-likeness (QED) is 0.814. The second kappa shape index (κ2) is 6.05. The number of amides is 1. The lowest BCUT2D eigenvalue weighted by Gasteiger charge is -2.12. The fraction of sp³-hybridized carbons (Fsp3) is 0.294. The number of likely N-dealkylation sites (N-methyl/N-ethyl adjacent to an activating group) is 1. The number of hydrogen-bond acceptors (Lipinski definition) is 4. The lowest BCUT2D eigenvalue weighted by molar-refractivity contribution is -0.125. The number of carbonyl (C=O) groups excluding carboxylic acids is 1. The van der Waals surface area contributed by atoms with Crippen molar-refractivity contribution in [2.75, 3.05) is 13.7 Å². The molecular weight excluding hydrogens is 280 g/mol. The Balaban J connectivity index is 1.63. The topological polar surface area (TPSA) is 55.6 Å². The number of fused-ring (bicyclic) bond motifs is 1. The van der Waals surface area contributed by atoms with Crippen molar-refractivity contribution in [2.45, 2.75) is 19.9 Å². The smallest absolute Gasteiger partial charge is 0.246 e. The van der Waals surface area contributed by atoms with Gasteiger partial charge in [-0.15, -0.1) is 0 Å². The number of rotatable bonds is 4. The van der Waals surface area contributed by atoms with Crippen LogP contribution in [0.15, 0.2) is 34.9 Å². The van der Waals surface area contributed by atoms with Crippen molar-refractivity contribution in [3.63, 3.8) is 0 Å². The van der Waals surface area contributed by atoms with Crippen LogP contribution in [0.4, 0.5) is 0 Å². The van der Waals surface area contributed by atoms with Crippen molar-refractivity contribution in [1.82, 2.24) is 10.1 Å². The number of ether oxygens (including phenoxy) is 1. The summed E-state index contributed by atoms with van der Waals surface area (Å²) in [6, 6.07) is 7.80. The molecule has 0 bridgehead atoms. The molecule has 0 saturated carbocycles. The zero-order valence-electron chi connectivity index (χ0n) is 12.7. The summed E-state index contributed by atoms with van der Waals surface area (Å²) < 4.78 is 10.5. The van der Waals surface area contributed by atoms with Crippen LogP contribution < -0.4 is 4.74 Å². The molecule has 0 saturated heterocycles. The average Bonchev–Trinajstić information content (AvgIpc) is 3.12. The summed E-state index contributed by atoms with van der Waals surface area (Å²) in [5, 5.41) is 3.89. The molecule has 0 aliphatic carbocycles. The van der Waals surface area contributed by atoms with Crippen LogP contribution >= 0.6 is 0 Å². The maximum absolute atomic E-state index is 12.1. The molecule has 0 fully saturated rings. The molecule has 0 N–H and O–H groups in total. The second-order valence-electron chi connectivity index (χ2n) is 5.42. The van der Waals surface area contributed by atoms with E-state index in [2.05, 4.69) is 11.2 Å². The highest BCUT2D eigenvalue weighted by atomic mass is 16.5. The Morgan fingerprint density at radius 2 is 2.27 bits per heavy atom. The molecule has 1 aliphatic rings. The van der Waals surface area contributed by atoms with E-state index in [1.807, 2.05) is 31.2 Å². The fourth-order valence-electron chi connectivity index (χ4n) is 2.42. The van der Waals surface area contributed by atoms with E-state index in [-0.39, 0.29) is 5.91 Å². The van der Waals surface area contributed by atoms with E-state index in [9.17, 15) is 4.79 Å². The zero-order valence-corrected chi connectivity index (χ0v) is 12.7. The summed E-state index contributed by atoms with van der Waals surface area (Å²) >= 11 is 0. The molecule has 1 amide bonds. The molecule has 0 radical (unpaired) electrons. The number of benzene rings is 1. The van der Waals surface area contributed by atoms with E-state index < -0.39 is 0 Å². The molecular formula is C17H18N2O3. The van der Waals surface area contributed by atoms with Gasteiger partial charge in [0.15, 0.2) is 0 Å². The summed E-state index contributed by atoms with van der Waals surface area (Å²) in [5.74, 6) is 1.62. The third-order valence-corrected chi connectivity index (χ3v) is 3.58. The molecule has 5 nitrogen and oxygen atoms in total. The standard InChI is InChI=1S/C17H18N2O3/c1-12-9-15(18-22-12)11-19(2)17(20)6-4-13-3-5-16-14(10-13)7-8-21-16/h3-6,9-10H,7-8,11H2,1-2H3. The monoisotopic (exact) mass is 298 g/mol. The Kier molecular flexibility index (Phi) is 3.96. The first kappa shape index (κ1) is 14.4. The van der Waals surface area contributed by atoms with Gasteiger partial charge in [-0.05, 0) is 36.3 Å². The van der Waals surface area contributed by atoms with Gasteiger partial charge in [-0.2, -0.15) is 0 Å². The van der Waals surface area contributed by atoms with E-state index in [0.717, 1.165) is 35.8 Å². The predicted octanol–water partition coefficient (Wildman–Crippen LogP) is 2.59. The van der Waals surface area contributed by atoms with Crippen LogP contribution in [0, 0.1) is 6.92 Å². The zero-order chi connectivity index (χ0) is 15.5. The summed E-state index contributed by atoms with van der Waals surface area (Å²) in [7, 11) is 1.74. The van der Waals surface area contributed by atoms with Crippen molar-refractivity contribution < 1.29 is 14.1 Å². The molecule has 5 heteroatoms. The Morgan fingerprint density at radius 3 is 3.05 bits per heavy atom. The molecule has 0 spiro atoms. The van der Waals surface area contributed by atoms with Crippen LogP contribution in [0.5, 0.6) is 5.75 Å². The SMILES string of the molecule is Cc1cc(CN(C)C(=O)C=Cc2ccc3c(c2)CCO3)no1. The largest absolute Gasteiger partial charge is 0.493 e. The Hall–Kier alpha value is -2.56. The van der Waals surface area contributed by atoms with Gasteiger partial charge in [0.2, 0.25) is 5.91 Å². The first-order valence-corrected chi connectivity index (χ1v) is 7.23. The van der Waals surface area contributed by atoms with Crippen molar-refractivity contribution in [2.24, 2.45) is 0 Å². The molecule has 1 aromatic carbocycles. The minimum absolute atomic E-state index is 0.0719. The molecule has 0 unspecified atom stereocenters. The number of carbonyl (C=O) groups is 1. The van der Waals surface area contributed by atoms with E-state index in [0.29, 0.717) is 6.54 Å². The van der Waals surface area contributed by atoms with Gasteiger partial charge in [-0.3, -0.25) is 4.79 Å². The van der Waals surface area contributed by atoms with Gasteiger partial charge in [-0.25, -0.2) is 0 Å². The highest BCUT2D eigenvalue weighted by Gasteiger charge is 2.12. The molecule has 114 valence electrons. The van der Waals surface area contributed by atoms with E-state index >= 15 is 0 Å². The van der Waals surface area contributed by atoms with Crippen molar-refractivity contribution in [3.05, 3.63) is 52.9 Å². The Labute approximate surface area is 129 Å². The van der Waals surface area contributed by atoms with Crippen molar-refractivity contribution >= 4 is 12.0 Å².